The third-order valence-corrected chi connectivity index (χ3v) is 5.87. The van der Waals surface area contributed by atoms with Gasteiger partial charge in [0, 0.05) is 43.4 Å². The number of urea groups is 1. The molecule has 1 unspecified atom stereocenters. The van der Waals surface area contributed by atoms with E-state index in [-0.39, 0.29) is 18.2 Å². The Bertz CT molecular complexity index is 1150. The number of hydrogen-bond donors (Lipinski definition) is 1. The van der Waals surface area contributed by atoms with Crippen molar-refractivity contribution in [3.05, 3.63) is 65.2 Å². The van der Waals surface area contributed by atoms with Crippen molar-refractivity contribution in [1.82, 2.24) is 10.3 Å². The van der Waals surface area contributed by atoms with Gasteiger partial charge in [0.2, 0.25) is 0 Å². The van der Waals surface area contributed by atoms with Crippen molar-refractivity contribution in [2.24, 2.45) is 0 Å². The van der Waals surface area contributed by atoms with Crippen LogP contribution in [0.25, 0.3) is 11.3 Å². The van der Waals surface area contributed by atoms with Gasteiger partial charge in [0.25, 0.3) is 0 Å². The van der Waals surface area contributed by atoms with Crippen LogP contribution in [-0.2, 0) is 11.2 Å². The maximum absolute atomic E-state index is 12.2. The Balaban J connectivity index is 1.61. The first-order valence-corrected chi connectivity index (χ1v) is 11.9. The number of nitrogens with one attached hydrogen (secondary N) is 1. The number of aromatic nitrogens is 1. The molecule has 180 valence electrons. The molecule has 3 aromatic rings. The second kappa shape index (κ2) is 10.3. The molecular weight excluding hydrogens is 430 g/mol. The van der Waals surface area contributed by atoms with Crippen LogP contribution in [0.2, 0.25) is 0 Å². The molecule has 2 heterocycles. The Morgan fingerprint density at radius 1 is 1.18 bits per heavy atom. The Labute approximate surface area is 201 Å². The van der Waals surface area contributed by atoms with Crippen LogP contribution in [-0.4, -0.2) is 36.8 Å². The van der Waals surface area contributed by atoms with Gasteiger partial charge in [-0.25, -0.2) is 9.78 Å². The predicted molar refractivity (Wildman–Crippen MR) is 132 cm³/mol. The van der Waals surface area contributed by atoms with Crippen molar-refractivity contribution >= 4 is 11.7 Å². The Morgan fingerprint density at radius 3 is 2.71 bits per heavy atom. The number of aryl methyl sites for hydroxylation is 1. The van der Waals surface area contributed by atoms with Crippen molar-refractivity contribution in [2.45, 2.75) is 53.2 Å². The van der Waals surface area contributed by atoms with Gasteiger partial charge < -0.3 is 19.2 Å². The molecule has 2 aromatic carbocycles. The Kier molecular flexibility index (Phi) is 7.22. The number of hydrogen-bond acceptors (Lipinski definition) is 5. The minimum absolute atomic E-state index is 0.00937. The first-order valence-electron chi connectivity index (χ1n) is 11.9. The van der Waals surface area contributed by atoms with Gasteiger partial charge >= 0.3 is 6.03 Å². The van der Waals surface area contributed by atoms with Gasteiger partial charge in [0.05, 0.1) is 18.4 Å². The summed E-state index contributed by atoms with van der Waals surface area (Å²) in [6, 6.07) is 12.0. The molecule has 0 spiro atoms. The third kappa shape index (κ3) is 5.42. The number of amides is 2. The van der Waals surface area contributed by atoms with Crippen LogP contribution in [0.5, 0.6) is 5.75 Å². The summed E-state index contributed by atoms with van der Waals surface area (Å²) in [4.78, 5) is 18.5. The van der Waals surface area contributed by atoms with E-state index in [1.54, 1.807) is 11.1 Å². The van der Waals surface area contributed by atoms with Crippen LogP contribution in [0, 0.1) is 6.92 Å². The smallest absolute Gasteiger partial charge is 0.321 e. The summed E-state index contributed by atoms with van der Waals surface area (Å²) in [6.45, 7) is 12.0. The van der Waals surface area contributed by atoms with E-state index in [9.17, 15) is 4.79 Å². The quantitative estimate of drug-likeness (QED) is 0.443. The van der Waals surface area contributed by atoms with Crippen LogP contribution in [0.4, 0.5) is 10.5 Å². The highest BCUT2D eigenvalue weighted by atomic mass is 16.5. The predicted octanol–water partition coefficient (Wildman–Crippen LogP) is 5.66. The summed E-state index contributed by atoms with van der Waals surface area (Å²) in [5, 5.41) is 2.85. The van der Waals surface area contributed by atoms with Crippen molar-refractivity contribution in [2.75, 3.05) is 24.6 Å². The molecule has 1 aliphatic rings. The molecule has 0 aliphatic carbocycles. The highest BCUT2D eigenvalue weighted by Crippen LogP contribution is 2.33. The molecule has 34 heavy (non-hydrogen) atoms. The summed E-state index contributed by atoms with van der Waals surface area (Å²) >= 11 is 0. The van der Waals surface area contributed by atoms with E-state index < -0.39 is 0 Å². The fraction of sp³-hybridized carbons (Fsp3) is 0.407. The summed E-state index contributed by atoms with van der Waals surface area (Å²) in [5.41, 5.74) is 5.07. The van der Waals surface area contributed by atoms with Crippen molar-refractivity contribution in [1.29, 1.82) is 0 Å². The lowest BCUT2D eigenvalue weighted by molar-refractivity contribution is 0.0763. The SMILES string of the molecule is CCOC(C)c1ccc(C)c(Cc2ncc(-c3cc(OC(C)C)cc(N4CCNC4=O)c3)o2)c1. The van der Waals surface area contributed by atoms with Crippen LogP contribution < -0.4 is 15.0 Å². The monoisotopic (exact) mass is 463 g/mol. The Hall–Kier alpha value is -3.32. The molecule has 1 fully saturated rings. The minimum Gasteiger partial charge on any atom is -0.491 e. The maximum Gasteiger partial charge on any atom is 0.321 e. The molecule has 2 amide bonds. The van der Waals surface area contributed by atoms with Gasteiger partial charge in [-0.3, -0.25) is 4.90 Å². The van der Waals surface area contributed by atoms with Crippen LogP contribution in [0.1, 0.15) is 56.4 Å². The summed E-state index contributed by atoms with van der Waals surface area (Å²) < 4.78 is 17.9. The normalized spacial score (nSPS) is 14.5. The molecule has 1 aromatic heterocycles. The molecule has 7 heteroatoms. The van der Waals surface area contributed by atoms with Gasteiger partial charge in [-0.2, -0.15) is 0 Å². The average Bonchev–Trinajstić information content (AvgIpc) is 3.44. The van der Waals surface area contributed by atoms with Gasteiger partial charge in [-0.15, -0.1) is 0 Å². The zero-order valence-electron chi connectivity index (χ0n) is 20.6. The van der Waals surface area contributed by atoms with Crippen LogP contribution >= 0.6 is 0 Å². The standard InChI is InChI=1S/C27H33N3O4/c1-6-32-19(5)20-8-7-18(4)21(11-20)14-26-29-16-25(34-26)22-12-23(30-10-9-28-27(30)31)15-24(13-22)33-17(2)3/h7-8,11-13,15-17,19H,6,9-10,14H2,1-5H3,(H,28,31). The third-order valence-electron chi connectivity index (χ3n) is 5.87. The summed E-state index contributed by atoms with van der Waals surface area (Å²) in [7, 11) is 0. The number of benzene rings is 2. The van der Waals surface area contributed by atoms with E-state index in [0.29, 0.717) is 43.5 Å². The zero-order chi connectivity index (χ0) is 24.2. The number of carbonyl (C=O) groups is 1. The molecule has 4 rings (SSSR count). The van der Waals surface area contributed by atoms with Gasteiger partial charge in [-0.1, -0.05) is 18.2 Å². The Morgan fingerprint density at radius 2 is 2.00 bits per heavy atom. The van der Waals surface area contributed by atoms with E-state index in [1.807, 2.05) is 39.0 Å². The van der Waals surface area contributed by atoms with Gasteiger partial charge in [0.1, 0.15) is 5.75 Å². The zero-order valence-corrected chi connectivity index (χ0v) is 20.6. The summed E-state index contributed by atoms with van der Waals surface area (Å²) in [5.74, 6) is 1.96. The first-order chi connectivity index (χ1) is 16.3. The van der Waals surface area contributed by atoms with Crippen molar-refractivity contribution in [3.8, 4) is 17.1 Å². The molecule has 0 radical (unpaired) electrons. The number of rotatable bonds is 9. The van der Waals surface area contributed by atoms with E-state index >= 15 is 0 Å². The highest BCUT2D eigenvalue weighted by molar-refractivity contribution is 5.95. The molecule has 1 N–H and O–H groups in total. The van der Waals surface area contributed by atoms with Crippen LogP contribution in [0.15, 0.2) is 47.0 Å². The molecule has 0 saturated carbocycles. The number of ether oxygens (including phenoxy) is 2. The minimum atomic E-state index is -0.109. The van der Waals surface area contributed by atoms with E-state index in [1.165, 1.54) is 5.56 Å². The second-order valence-corrected chi connectivity index (χ2v) is 8.84. The van der Waals surface area contributed by atoms with Crippen molar-refractivity contribution in [3.63, 3.8) is 0 Å². The molecule has 7 nitrogen and oxygen atoms in total. The topological polar surface area (TPSA) is 76.8 Å². The van der Waals surface area contributed by atoms with Gasteiger partial charge in [0.15, 0.2) is 11.7 Å². The number of nitrogens with zero attached hydrogens (tertiary/aromatic N) is 2. The average molecular weight is 464 g/mol. The molecular formula is C27H33N3O4. The number of anilines is 1. The molecule has 1 atom stereocenters. The summed E-state index contributed by atoms with van der Waals surface area (Å²) in [6.07, 6.45) is 2.37. The molecule has 1 saturated heterocycles. The fourth-order valence-electron chi connectivity index (χ4n) is 4.11. The lowest BCUT2D eigenvalue weighted by Gasteiger charge is -2.18. The second-order valence-electron chi connectivity index (χ2n) is 8.84. The maximum atomic E-state index is 12.2. The largest absolute Gasteiger partial charge is 0.491 e. The van der Waals surface area contributed by atoms with Crippen molar-refractivity contribution < 1.29 is 18.7 Å². The molecule has 1 aliphatic heterocycles. The first kappa shape index (κ1) is 23.8. The van der Waals surface area contributed by atoms with Crippen LogP contribution in [0.3, 0.4) is 0 Å². The van der Waals surface area contributed by atoms with E-state index in [2.05, 4.69) is 42.3 Å². The lowest BCUT2D eigenvalue weighted by Crippen LogP contribution is -2.27. The lowest BCUT2D eigenvalue weighted by atomic mass is 10.00. The fourth-order valence-corrected chi connectivity index (χ4v) is 4.11. The molecule has 0 bridgehead atoms. The highest BCUT2D eigenvalue weighted by Gasteiger charge is 2.23. The van der Waals surface area contributed by atoms with Gasteiger partial charge in [-0.05, 0) is 63.4 Å². The number of oxazole rings is 1. The van der Waals surface area contributed by atoms with E-state index in [4.69, 9.17) is 13.9 Å². The number of carbonyl (C=O) groups excluding carboxylic acids is 1. The van der Waals surface area contributed by atoms with E-state index in [0.717, 1.165) is 22.4 Å².